The number of oxazole rings is 1. The summed E-state index contributed by atoms with van der Waals surface area (Å²) in [5, 5.41) is 0. The smallest absolute Gasteiger partial charge is 0.360 e. The second kappa shape index (κ2) is 4.94. The summed E-state index contributed by atoms with van der Waals surface area (Å²) >= 11 is 0. The van der Waals surface area contributed by atoms with Crippen LogP contribution in [0, 0.1) is 0 Å². The molecule has 0 amide bonds. The molecule has 1 aliphatic rings. The molecule has 0 radical (unpaired) electrons. The standard InChI is InChI=1S/C11H13NO4/c1-2-15-11(13)9-7-16-10(12-9)8-3-5-14-6-4-8/h3,7H,2,4-6H2,1H3. The van der Waals surface area contributed by atoms with Crippen LogP contribution in [0.2, 0.25) is 0 Å². The molecule has 2 rings (SSSR count). The van der Waals surface area contributed by atoms with Crippen LogP contribution in [-0.2, 0) is 9.47 Å². The fraction of sp³-hybridized carbons (Fsp3) is 0.455. The highest BCUT2D eigenvalue weighted by atomic mass is 16.5. The predicted octanol–water partition coefficient (Wildman–Crippen LogP) is 1.66. The van der Waals surface area contributed by atoms with Crippen molar-refractivity contribution in [3.8, 4) is 0 Å². The number of rotatable bonds is 3. The van der Waals surface area contributed by atoms with E-state index in [1.165, 1.54) is 6.26 Å². The normalized spacial score (nSPS) is 15.7. The number of carbonyl (C=O) groups is 1. The number of aromatic nitrogens is 1. The van der Waals surface area contributed by atoms with Gasteiger partial charge >= 0.3 is 5.97 Å². The van der Waals surface area contributed by atoms with E-state index < -0.39 is 5.97 Å². The Morgan fingerprint density at radius 3 is 3.19 bits per heavy atom. The van der Waals surface area contributed by atoms with Gasteiger partial charge in [0.15, 0.2) is 5.69 Å². The third kappa shape index (κ3) is 2.30. The number of esters is 1. The van der Waals surface area contributed by atoms with Crippen LogP contribution in [0.4, 0.5) is 0 Å². The zero-order chi connectivity index (χ0) is 11.4. The molecule has 0 aliphatic carbocycles. The van der Waals surface area contributed by atoms with E-state index in [-0.39, 0.29) is 5.69 Å². The highest BCUT2D eigenvalue weighted by Gasteiger charge is 2.16. The maximum absolute atomic E-state index is 11.4. The van der Waals surface area contributed by atoms with Crippen LogP contribution in [0.5, 0.6) is 0 Å². The maximum atomic E-state index is 11.4. The van der Waals surface area contributed by atoms with Gasteiger partial charge < -0.3 is 13.9 Å². The molecule has 0 bridgehead atoms. The molecule has 0 aromatic carbocycles. The van der Waals surface area contributed by atoms with Crippen LogP contribution in [-0.4, -0.2) is 30.8 Å². The van der Waals surface area contributed by atoms with Gasteiger partial charge in [0.1, 0.15) is 6.26 Å². The van der Waals surface area contributed by atoms with E-state index in [2.05, 4.69) is 4.98 Å². The minimum absolute atomic E-state index is 0.212. The first-order valence-corrected chi connectivity index (χ1v) is 5.21. The van der Waals surface area contributed by atoms with Gasteiger partial charge in [-0.2, -0.15) is 0 Å². The van der Waals surface area contributed by atoms with E-state index in [1.807, 2.05) is 6.08 Å². The van der Waals surface area contributed by atoms with Crippen LogP contribution in [0.3, 0.4) is 0 Å². The molecule has 1 aromatic rings. The number of hydrogen-bond acceptors (Lipinski definition) is 5. The quantitative estimate of drug-likeness (QED) is 0.729. The van der Waals surface area contributed by atoms with Gasteiger partial charge in [-0.25, -0.2) is 9.78 Å². The number of nitrogens with zero attached hydrogens (tertiary/aromatic N) is 1. The summed E-state index contributed by atoms with van der Waals surface area (Å²) < 4.78 is 15.2. The lowest BCUT2D eigenvalue weighted by Gasteiger charge is -2.09. The van der Waals surface area contributed by atoms with Crippen molar-refractivity contribution < 1.29 is 18.7 Å². The summed E-state index contributed by atoms with van der Waals surface area (Å²) in [6.45, 7) is 3.30. The Balaban J connectivity index is 2.12. The van der Waals surface area contributed by atoms with Crippen LogP contribution in [0.25, 0.3) is 5.57 Å². The van der Waals surface area contributed by atoms with Crippen molar-refractivity contribution in [2.75, 3.05) is 19.8 Å². The lowest BCUT2D eigenvalue weighted by molar-refractivity contribution is 0.0519. The molecule has 2 heterocycles. The van der Waals surface area contributed by atoms with Gasteiger partial charge in [0.25, 0.3) is 0 Å². The fourth-order valence-electron chi connectivity index (χ4n) is 1.44. The highest BCUT2D eigenvalue weighted by Crippen LogP contribution is 2.20. The van der Waals surface area contributed by atoms with Crippen molar-refractivity contribution in [2.24, 2.45) is 0 Å². The number of carbonyl (C=O) groups excluding carboxylic acids is 1. The average molecular weight is 223 g/mol. The monoisotopic (exact) mass is 223 g/mol. The van der Waals surface area contributed by atoms with Crippen molar-refractivity contribution >= 4 is 11.5 Å². The minimum atomic E-state index is -0.454. The zero-order valence-corrected chi connectivity index (χ0v) is 9.06. The third-order valence-corrected chi connectivity index (χ3v) is 2.23. The Morgan fingerprint density at radius 1 is 1.62 bits per heavy atom. The first-order valence-electron chi connectivity index (χ1n) is 5.21. The topological polar surface area (TPSA) is 61.6 Å². The molecular weight excluding hydrogens is 210 g/mol. The van der Waals surface area contributed by atoms with Crippen LogP contribution in [0.1, 0.15) is 29.7 Å². The molecule has 5 heteroatoms. The Labute approximate surface area is 93.1 Å². The Morgan fingerprint density at radius 2 is 2.50 bits per heavy atom. The molecule has 1 aromatic heterocycles. The molecule has 0 fully saturated rings. The molecular formula is C11H13NO4. The lowest BCUT2D eigenvalue weighted by atomic mass is 10.1. The second-order valence-electron chi connectivity index (χ2n) is 3.31. The number of hydrogen-bond donors (Lipinski definition) is 0. The first-order chi connectivity index (χ1) is 7.81. The molecule has 0 atom stereocenters. The van der Waals surface area contributed by atoms with Crippen LogP contribution in [0.15, 0.2) is 16.8 Å². The van der Waals surface area contributed by atoms with Crippen molar-refractivity contribution in [3.63, 3.8) is 0 Å². The second-order valence-corrected chi connectivity index (χ2v) is 3.31. The summed E-state index contributed by atoms with van der Waals surface area (Å²) in [5.41, 5.74) is 1.19. The summed E-state index contributed by atoms with van der Waals surface area (Å²) in [4.78, 5) is 15.4. The lowest BCUT2D eigenvalue weighted by Crippen LogP contribution is -2.06. The van der Waals surface area contributed by atoms with E-state index in [4.69, 9.17) is 13.9 Å². The maximum Gasteiger partial charge on any atom is 0.360 e. The molecule has 1 aliphatic heterocycles. The van der Waals surface area contributed by atoms with Crippen molar-refractivity contribution in [1.82, 2.24) is 4.98 Å². The number of ether oxygens (including phenoxy) is 2. The molecule has 16 heavy (non-hydrogen) atoms. The van der Waals surface area contributed by atoms with E-state index in [0.717, 1.165) is 12.0 Å². The summed E-state index contributed by atoms with van der Waals surface area (Å²) in [6, 6.07) is 0. The van der Waals surface area contributed by atoms with Gasteiger partial charge in [-0.05, 0) is 6.92 Å². The van der Waals surface area contributed by atoms with Crippen molar-refractivity contribution in [2.45, 2.75) is 13.3 Å². The average Bonchev–Trinajstić information content (AvgIpc) is 2.80. The molecule has 0 N–H and O–H groups in total. The summed E-state index contributed by atoms with van der Waals surface area (Å²) in [6.07, 6.45) is 3.98. The SMILES string of the molecule is CCOC(=O)c1coc(C2=CCOCC2)n1. The molecule has 0 spiro atoms. The third-order valence-electron chi connectivity index (χ3n) is 2.23. The van der Waals surface area contributed by atoms with Gasteiger partial charge in [0, 0.05) is 12.0 Å². The molecule has 5 nitrogen and oxygen atoms in total. The van der Waals surface area contributed by atoms with Gasteiger partial charge in [-0.1, -0.05) is 6.08 Å². The molecule has 0 saturated heterocycles. The van der Waals surface area contributed by atoms with Crippen molar-refractivity contribution in [3.05, 3.63) is 23.9 Å². The van der Waals surface area contributed by atoms with Crippen LogP contribution < -0.4 is 0 Å². The van der Waals surface area contributed by atoms with Gasteiger partial charge in [-0.15, -0.1) is 0 Å². The van der Waals surface area contributed by atoms with Gasteiger partial charge in [0.05, 0.1) is 19.8 Å². The molecule has 0 saturated carbocycles. The van der Waals surface area contributed by atoms with E-state index >= 15 is 0 Å². The van der Waals surface area contributed by atoms with Gasteiger partial charge in [-0.3, -0.25) is 0 Å². The van der Waals surface area contributed by atoms with Gasteiger partial charge in [0.2, 0.25) is 5.89 Å². The molecule has 0 unspecified atom stereocenters. The largest absolute Gasteiger partial charge is 0.461 e. The van der Waals surface area contributed by atoms with Crippen molar-refractivity contribution in [1.29, 1.82) is 0 Å². The van der Waals surface area contributed by atoms with E-state index in [9.17, 15) is 4.79 Å². The highest BCUT2D eigenvalue weighted by molar-refractivity contribution is 5.87. The van der Waals surface area contributed by atoms with E-state index in [1.54, 1.807) is 6.92 Å². The Hall–Kier alpha value is -1.62. The summed E-state index contributed by atoms with van der Waals surface area (Å²) in [5.74, 6) is 0.0245. The summed E-state index contributed by atoms with van der Waals surface area (Å²) in [7, 11) is 0. The zero-order valence-electron chi connectivity index (χ0n) is 9.06. The van der Waals surface area contributed by atoms with E-state index in [0.29, 0.717) is 25.7 Å². The Bertz CT molecular complexity index is 408. The molecule has 86 valence electrons. The first kappa shape index (κ1) is 10.9. The van der Waals surface area contributed by atoms with Crippen LogP contribution >= 0.6 is 0 Å². The predicted molar refractivity (Wildman–Crippen MR) is 55.9 cm³/mol. The fourth-order valence-corrected chi connectivity index (χ4v) is 1.44. The minimum Gasteiger partial charge on any atom is -0.461 e. The Kier molecular flexibility index (Phi) is 3.36.